The van der Waals surface area contributed by atoms with Crippen LogP contribution in [0.25, 0.3) is 0 Å². The lowest BCUT2D eigenvalue weighted by Gasteiger charge is -2.25. The summed E-state index contributed by atoms with van der Waals surface area (Å²) in [4.78, 5) is 19.3. The van der Waals surface area contributed by atoms with Gasteiger partial charge in [0, 0.05) is 20.8 Å². The van der Waals surface area contributed by atoms with Crippen molar-refractivity contribution in [1.82, 2.24) is 0 Å². The fraction of sp³-hybridized carbons (Fsp3) is 1.00. The van der Waals surface area contributed by atoms with E-state index in [2.05, 4.69) is 9.05 Å². The first-order chi connectivity index (χ1) is 13.9. The maximum atomic E-state index is 14.2. The van der Waals surface area contributed by atoms with Gasteiger partial charge in [-0.2, -0.15) is 0 Å². The van der Waals surface area contributed by atoms with Gasteiger partial charge in [0.1, 0.15) is 46.3 Å². The van der Waals surface area contributed by atoms with Crippen molar-refractivity contribution in [1.29, 1.82) is 0 Å². The van der Waals surface area contributed by atoms with E-state index in [4.69, 9.17) is 39.0 Å². The fourth-order valence-electron chi connectivity index (χ4n) is 2.89. The van der Waals surface area contributed by atoms with Gasteiger partial charge in [-0.25, -0.2) is 17.9 Å². The van der Waals surface area contributed by atoms with Gasteiger partial charge in [0.05, 0.1) is 24.7 Å². The maximum absolute atomic E-state index is 14.2. The van der Waals surface area contributed by atoms with Crippen LogP contribution in [0.3, 0.4) is 0 Å². The van der Waals surface area contributed by atoms with E-state index in [9.17, 15) is 27.7 Å². The average Bonchev–Trinajstić information content (AvgIpc) is 3.09. The van der Waals surface area contributed by atoms with E-state index in [1.54, 1.807) is 0 Å². The number of alkyl halides is 2. The minimum Gasteiger partial charge on any atom is -0.385 e. The standard InChI is InChI=1S/C13H22B2F2O11P2/c1-22-4-3-6-10(8(16)12(14)25-6)28-30(20,21)24-5-7-11(9(17)13(15)26-7)27-29(18,19)23-2/h6-13H,3-5H2,1-2H3,(H,18,19)(H,20,21)/t6-,7-,8+,9+,10?,11?,12-,13-/m1/s1. The number of rotatable bonds is 11. The predicted octanol–water partition coefficient (Wildman–Crippen LogP) is 0.120. The first kappa shape index (κ1) is 26.3. The van der Waals surface area contributed by atoms with Crippen LogP contribution in [0.1, 0.15) is 6.42 Å². The third-order valence-corrected chi connectivity index (χ3v) is 6.36. The second-order valence-electron chi connectivity index (χ2n) is 6.50. The second-order valence-corrected chi connectivity index (χ2v) is 9.42. The predicted molar refractivity (Wildman–Crippen MR) is 97.5 cm³/mol. The minimum atomic E-state index is -4.93. The highest BCUT2D eigenvalue weighted by Gasteiger charge is 2.49. The van der Waals surface area contributed by atoms with E-state index in [0.717, 1.165) is 7.11 Å². The Bertz CT molecular complexity index is 665. The summed E-state index contributed by atoms with van der Waals surface area (Å²) >= 11 is 0. The molecule has 4 unspecified atom stereocenters. The molecule has 170 valence electrons. The Hall–Kier alpha value is 0.0899. The molecule has 2 aliphatic rings. The van der Waals surface area contributed by atoms with E-state index >= 15 is 0 Å². The molecule has 4 radical (unpaired) electrons. The molecule has 2 N–H and O–H groups in total. The molecule has 30 heavy (non-hydrogen) atoms. The van der Waals surface area contributed by atoms with E-state index in [1.807, 2.05) is 0 Å². The van der Waals surface area contributed by atoms with Gasteiger partial charge in [-0.1, -0.05) is 0 Å². The molecule has 0 spiro atoms. The van der Waals surface area contributed by atoms with Gasteiger partial charge in [0.2, 0.25) is 0 Å². The number of hydrogen-bond donors (Lipinski definition) is 2. The Morgan fingerprint density at radius 2 is 1.43 bits per heavy atom. The van der Waals surface area contributed by atoms with Gasteiger partial charge in [-0.05, 0) is 6.42 Å². The van der Waals surface area contributed by atoms with Crippen LogP contribution < -0.4 is 0 Å². The first-order valence-electron chi connectivity index (χ1n) is 8.72. The summed E-state index contributed by atoms with van der Waals surface area (Å²) < 4.78 is 85.7. The number of methoxy groups -OCH3 is 1. The molecule has 2 heterocycles. The molecule has 2 rings (SSSR count). The third-order valence-electron chi connectivity index (χ3n) is 4.40. The SMILES string of the molecule is [B][C@@H]1O[C@H](COP(=O)(O)OC2[C@@H](CCOC)O[C@@H]([B])[C@H]2F)C(OP(=O)(O)OC)[C@@H]1F. The van der Waals surface area contributed by atoms with Crippen LogP contribution in [0.2, 0.25) is 0 Å². The van der Waals surface area contributed by atoms with E-state index in [1.165, 1.54) is 7.11 Å². The van der Waals surface area contributed by atoms with E-state index < -0.39 is 71.0 Å². The molecule has 0 aromatic rings. The highest BCUT2D eigenvalue weighted by Crippen LogP contribution is 2.50. The topological polar surface area (TPSA) is 139 Å². The zero-order chi connectivity index (χ0) is 22.7. The fourth-order valence-corrected chi connectivity index (χ4v) is 4.50. The molecule has 2 fully saturated rings. The van der Waals surface area contributed by atoms with Crippen LogP contribution in [0, 0.1) is 0 Å². The number of halogens is 2. The van der Waals surface area contributed by atoms with Gasteiger partial charge in [-0.15, -0.1) is 0 Å². The minimum absolute atomic E-state index is 0.123. The van der Waals surface area contributed by atoms with Gasteiger partial charge < -0.3 is 24.0 Å². The Morgan fingerprint density at radius 1 is 0.933 bits per heavy atom. The van der Waals surface area contributed by atoms with Crippen LogP contribution in [0.4, 0.5) is 8.78 Å². The van der Waals surface area contributed by atoms with Crippen LogP contribution in [0.5, 0.6) is 0 Å². The molecule has 0 bridgehead atoms. The second kappa shape index (κ2) is 10.8. The van der Waals surface area contributed by atoms with Crippen LogP contribution in [0.15, 0.2) is 0 Å². The maximum Gasteiger partial charge on any atom is 0.472 e. The van der Waals surface area contributed by atoms with Crippen LogP contribution >= 0.6 is 15.6 Å². The zero-order valence-electron chi connectivity index (χ0n) is 16.1. The molecule has 2 saturated heterocycles. The molecule has 0 saturated carbocycles. The quantitative estimate of drug-likeness (QED) is 0.311. The van der Waals surface area contributed by atoms with Crippen molar-refractivity contribution in [3.63, 3.8) is 0 Å². The van der Waals surface area contributed by atoms with Crippen molar-refractivity contribution in [2.45, 2.75) is 55.2 Å². The number of hydrogen-bond acceptors (Lipinski definition) is 9. The molecule has 0 aliphatic carbocycles. The summed E-state index contributed by atoms with van der Waals surface area (Å²) in [6.07, 6.45) is -9.61. The smallest absolute Gasteiger partial charge is 0.385 e. The molecule has 17 heteroatoms. The molecule has 2 aliphatic heterocycles. The number of phosphoric acid groups is 2. The highest BCUT2D eigenvalue weighted by atomic mass is 31.2. The summed E-state index contributed by atoms with van der Waals surface area (Å²) in [5.74, 6) is 0. The lowest BCUT2D eigenvalue weighted by molar-refractivity contribution is -0.0238. The van der Waals surface area contributed by atoms with Crippen molar-refractivity contribution in [2.24, 2.45) is 0 Å². The molecule has 0 aromatic heterocycles. The molecule has 0 amide bonds. The van der Waals surface area contributed by atoms with Gasteiger partial charge in [-0.3, -0.25) is 18.1 Å². The Kier molecular flexibility index (Phi) is 9.49. The third kappa shape index (κ3) is 6.79. The Morgan fingerprint density at radius 3 is 1.97 bits per heavy atom. The normalized spacial score (nSPS) is 40.9. The van der Waals surface area contributed by atoms with E-state index in [0.29, 0.717) is 0 Å². The lowest BCUT2D eigenvalue weighted by atomic mass is 9.94. The molecular formula is C13H22B2F2O11P2. The highest BCUT2D eigenvalue weighted by molar-refractivity contribution is 7.47. The van der Waals surface area contributed by atoms with Crippen molar-refractivity contribution >= 4 is 31.3 Å². The lowest BCUT2D eigenvalue weighted by Crippen LogP contribution is -2.35. The number of phosphoric ester groups is 2. The van der Waals surface area contributed by atoms with Crippen molar-refractivity contribution in [3.05, 3.63) is 0 Å². The molecule has 10 atom stereocenters. The molecular weight excluding hydrogens is 454 g/mol. The van der Waals surface area contributed by atoms with Gasteiger partial charge in [0.15, 0.2) is 0 Å². The summed E-state index contributed by atoms with van der Waals surface area (Å²) in [6.45, 7) is -0.693. The van der Waals surface area contributed by atoms with Crippen LogP contribution in [-0.2, 0) is 41.4 Å². The summed E-state index contributed by atoms with van der Waals surface area (Å²) in [5.41, 5.74) is 0. The monoisotopic (exact) mass is 476 g/mol. The number of ether oxygens (including phenoxy) is 3. The van der Waals surface area contributed by atoms with E-state index in [-0.39, 0.29) is 13.0 Å². The summed E-state index contributed by atoms with van der Waals surface area (Å²) in [6, 6.07) is -2.94. The van der Waals surface area contributed by atoms with Crippen LogP contribution in [-0.4, -0.2) is 102 Å². The molecule has 11 nitrogen and oxygen atoms in total. The molecule has 0 aromatic carbocycles. The first-order valence-corrected chi connectivity index (χ1v) is 11.7. The average molecular weight is 476 g/mol. The zero-order valence-corrected chi connectivity index (χ0v) is 17.9. The van der Waals surface area contributed by atoms with Crippen molar-refractivity contribution < 1.29 is 60.0 Å². The largest absolute Gasteiger partial charge is 0.472 e. The summed E-state index contributed by atoms with van der Waals surface area (Å²) in [5, 5.41) is 0. The Labute approximate surface area is 174 Å². The van der Waals surface area contributed by atoms with Crippen molar-refractivity contribution in [2.75, 3.05) is 27.4 Å². The summed E-state index contributed by atoms with van der Waals surface area (Å²) in [7, 11) is 3.54. The Balaban J connectivity index is 2.00. The van der Waals surface area contributed by atoms with Gasteiger partial charge >= 0.3 is 15.6 Å². The van der Waals surface area contributed by atoms with Crippen molar-refractivity contribution in [3.8, 4) is 0 Å². The van der Waals surface area contributed by atoms with Gasteiger partial charge in [0.25, 0.3) is 0 Å².